The van der Waals surface area contributed by atoms with Gasteiger partial charge < -0.3 is 0 Å². The molecule has 0 bridgehead atoms. The number of benzene rings is 1. The van der Waals surface area contributed by atoms with Crippen molar-refractivity contribution in [3.63, 3.8) is 0 Å². The second-order valence-electron chi connectivity index (χ2n) is 2.35. The third-order valence-electron chi connectivity index (χ3n) is 1.32. The molecule has 0 aliphatic carbocycles. The van der Waals surface area contributed by atoms with Crippen LogP contribution in [0.15, 0.2) is 27.6 Å². The van der Waals surface area contributed by atoms with Gasteiger partial charge in [0.25, 0.3) is 0 Å². The quantitative estimate of drug-likeness (QED) is 0.721. The molecule has 66 valence electrons. The number of rotatable bonds is 1. The van der Waals surface area contributed by atoms with Gasteiger partial charge in [-0.05, 0) is 56.7 Å². The van der Waals surface area contributed by atoms with Crippen LogP contribution in [0.1, 0.15) is 0 Å². The lowest BCUT2D eigenvalue weighted by atomic mass is 10.4. The van der Waals surface area contributed by atoms with Crippen LogP contribution in [0.4, 0.5) is 0 Å². The van der Waals surface area contributed by atoms with E-state index in [0.717, 1.165) is 8.04 Å². The summed E-state index contributed by atoms with van der Waals surface area (Å²) in [6.07, 6.45) is 1.20. The van der Waals surface area contributed by atoms with Gasteiger partial charge >= 0.3 is 0 Å². The second-order valence-corrected chi connectivity index (χ2v) is 6.38. The fourth-order valence-corrected chi connectivity index (χ4v) is 2.22. The van der Waals surface area contributed by atoms with Crippen LogP contribution in [-0.2, 0) is 9.84 Å². The molecule has 1 aromatic rings. The van der Waals surface area contributed by atoms with Gasteiger partial charge in [0.05, 0.1) is 4.90 Å². The molecule has 0 radical (unpaired) electrons. The zero-order chi connectivity index (χ0) is 9.35. The zero-order valence-electron chi connectivity index (χ0n) is 6.21. The predicted molar refractivity (Wildman–Crippen MR) is 60.0 cm³/mol. The fourth-order valence-electron chi connectivity index (χ4n) is 0.707. The lowest BCUT2D eigenvalue weighted by molar-refractivity contribution is 0.602. The summed E-state index contributed by atoms with van der Waals surface area (Å²) in [7, 11) is -3.08. The molecule has 2 nitrogen and oxygen atoms in total. The SMILES string of the molecule is CS(=O)(=O)c1ccc(I)c(Br)c1. The van der Waals surface area contributed by atoms with Crippen LogP contribution in [0.25, 0.3) is 0 Å². The van der Waals surface area contributed by atoms with Gasteiger partial charge in [0.2, 0.25) is 0 Å². The van der Waals surface area contributed by atoms with E-state index in [4.69, 9.17) is 0 Å². The lowest BCUT2D eigenvalue weighted by Gasteiger charge is -1.99. The molecule has 0 heterocycles. The minimum atomic E-state index is -3.08. The Bertz CT molecular complexity index is 400. The second kappa shape index (κ2) is 3.63. The van der Waals surface area contributed by atoms with Crippen molar-refractivity contribution in [2.24, 2.45) is 0 Å². The maximum atomic E-state index is 11.1. The van der Waals surface area contributed by atoms with Gasteiger partial charge in [0.1, 0.15) is 0 Å². The summed E-state index contributed by atoms with van der Waals surface area (Å²) in [5, 5.41) is 0. The molecular weight excluding hydrogens is 355 g/mol. The van der Waals surface area contributed by atoms with Crippen molar-refractivity contribution in [3.8, 4) is 0 Å². The van der Waals surface area contributed by atoms with Crippen LogP contribution in [0.2, 0.25) is 0 Å². The minimum Gasteiger partial charge on any atom is -0.224 e. The average molecular weight is 361 g/mol. The first-order chi connectivity index (χ1) is 5.41. The highest BCUT2D eigenvalue weighted by atomic mass is 127. The molecule has 1 aromatic carbocycles. The topological polar surface area (TPSA) is 34.1 Å². The Hall–Kier alpha value is 0.380. The molecule has 0 amide bonds. The first kappa shape index (κ1) is 10.5. The molecule has 0 aromatic heterocycles. The number of hydrogen-bond acceptors (Lipinski definition) is 2. The highest BCUT2D eigenvalue weighted by molar-refractivity contribution is 14.1. The Kier molecular flexibility index (Phi) is 3.16. The van der Waals surface area contributed by atoms with E-state index in [1.54, 1.807) is 18.2 Å². The third-order valence-corrected chi connectivity index (χ3v) is 4.77. The van der Waals surface area contributed by atoms with Crippen LogP contribution in [-0.4, -0.2) is 14.7 Å². The van der Waals surface area contributed by atoms with Crippen molar-refractivity contribution in [1.82, 2.24) is 0 Å². The van der Waals surface area contributed by atoms with Gasteiger partial charge in [-0.3, -0.25) is 0 Å². The number of halogens is 2. The first-order valence-electron chi connectivity index (χ1n) is 3.06. The molecule has 1 rings (SSSR count). The molecule has 0 aliphatic rings. The molecule has 0 aliphatic heterocycles. The highest BCUT2D eigenvalue weighted by Crippen LogP contribution is 2.22. The fraction of sp³-hybridized carbons (Fsp3) is 0.143. The van der Waals surface area contributed by atoms with Crippen molar-refractivity contribution in [3.05, 3.63) is 26.2 Å². The van der Waals surface area contributed by atoms with E-state index in [0.29, 0.717) is 4.90 Å². The Morgan fingerprint density at radius 3 is 2.42 bits per heavy atom. The van der Waals surface area contributed by atoms with Crippen molar-refractivity contribution < 1.29 is 8.42 Å². The smallest absolute Gasteiger partial charge is 0.175 e. The molecule has 12 heavy (non-hydrogen) atoms. The van der Waals surface area contributed by atoms with Crippen LogP contribution >= 0.6 is 38.5 Å². The van der Waals surface area contributed by atoms with E-state index in [-0.39, 0.29) is 0 Å². The molecular formula is C7H6BrIO2S. The number of hydrogen-bond donors (Lipinski definition) is 0. The van der Waals surface area contributed by atoms with E-state index in [1.807, 2.05) is 0 Å². The van der Waals surface area contributed by atoms with Crippen molar-refractivity contribution >= 4 is 48.4 Å². The van der Waals surface area contributed by atoms with E-state index >= 15 is 0 Å². The summed E-state index contributed by atoms with van der Waals surface area (Å²) < 4.78 is 24.0. The molecule has 0 atom stereocenters. The highest BCUT2D eigenvalue weighted by Gasteiger charge is 2.07. The monoisotopic (exact) mass is 360 g/mol. The molecule has 0 saturated carbocycles. The van der Waals surface area contributed by atoms with Gasteiger partial charge in [-0.1, -0.05) is 0 Å². The Balaban J connectivity index is 3.33. The van der Waals surface area contributed by atoms with Crippen molar-refractivity contribution in [2.75, 3.05) is 6.26 Å². The summed E-state index contributed by atoms with van der Waals surface area (Å²) in [4.78, 5) is 0.342. The Labute approximate surface area is 93.6 Å². The molecule has 0 N–H and O–H groups in total. The normalized spacial score (nSPS) is 11.6. The minimum absolute atomic E-state index is 0.342. The van der Waals surface area contributed by atoms with Crippen molar-refractivity contribution in [2.45, 2.75) is 4.90 Å². The van der Waals surface area contributed by atoms with Gasteiger partial charge in [0.15, 0.2) is 9.84 Å². The molecule has 0 fully saturated rings. The van der Waals surface area contributed by atoms with Crippen LogP contribution in [0.3, 0.4) is 0 Å². The average Bonchev–Trinajstić information content (AvgIpc) is 1.92. The summed E-state index contributed by atoms with van der Waals surface area (Å²) in [5.74, 6) is 0. The summed E-state index contributed by atoms with van der Waals surface area (Å²) >= 11 is 5.39. The van der Waals surface area contributed by atoms with Crippen LogP contribution < -0.4 is 0 Å². The Morgan fingerprint density at radius 2 is 2.00 bits per heavy atom. The molecule has 0 spiro atoms. The lowest BCUT2D eigenvalue weighted by Crippen LogP contribution is -1.96. The predicted octanol–water partition coefficient (Wildman–Crippen LogP) is 2.46. The third kappa shape index (κ3) is 2.43. The van der Waals surface area contributed by atoms with Gasteiger partial charge in [-0.2, -0.15) is 0 Å². The standard InChI is InChI=1S/C7H6BrIO2S/c1-12(10,11)5-2-3-7(9)6(8)4-5/h2-4H,1H3. The van der Waals surface area contributed by atoms with Crippen molar-refractivity contribution in [1.29, 1.82) is 0 Å². The molecule has 0 unspecified atom stereocenters. The van der Waals surface area contributed by atoms with E-state index in [2.05, 4.69) is 38.5 Å². The van der Waals surface area contributed by atoms with E-state index in [9.17, 15) is 8.42 Å². The largest absolute Gasteiger partial charge is 0.224 e. The maximum absolute atomic E-state index is 11.1. The van der Waals surface area contributed by atoms with E-state index < -0.39 is 9.84 Å². The maximum Gasteiger partial charge on any atom is 0.175 e. The van der Waals surface area contributed by atoms with Gasteiger partial charge in [-0.25, -0.2) is 8.42 Å². The van der Waals surface area contributed by atoms with Crippen LogP contribution in [0, 0.1) is 3.57 Å². The summed E-state index contributed by atoms with van der Waals surface area (Å²) in [6.45, 7) is 0. The summed E-state index contributed by atoms with van der Waals surface area (Å²) in [5.41, 5.74) is 0. The first-order valence-corrected chi connectivity index (χ1v) is 6.82. The van der Waals surface area contributed by atoms with Crippen LogP contribution in [0.5, 0.6) is 0 Å². The summed E-state index contributed by atoms with van der Waals surface area (Å²) in [6, 6.07) is 4.97. The molecule has 5 heteroatoms. The van der Waals surface area contributed by atoms with Gasteiger partial charge in [-0.15, -0.1) is 0 Å². The van der Waals surface area contributed by atoms with E-state index in [1.165, 1.54) is 6.26 Å². The Morgan fingerprint density at radius 1 is 1.42 bits per heavy atom. The van der Waals surface area contributed by atoms with Gasteiger partial charge in [0, 0.05) is 14.3 Å². The molecule has 0 saturated heterocycles. The zero-order valence-corrected chi connectivity index (χ0v) is 10.8. The number of sulfone groups is 1.